The molecule has 2 rings (SSSR count). The van der Waals surface area contributed by atoms with Crippen LogP contribution in [-0.2, 0) is 6.54 Å². The Labute approximate surface area is 151 Å². The van der Waals surface area contributed by atoms with Gasteiger partial charge in [-0.2, -0.15) is 5.26 Å². The molecule has 2 aromatic rings. The third-order valence-electron chi connectivity index (χ3n) is 4.40. The summed E-state index contributed by atoms with van der Waals surface area (Å²) in [7, 11) is 6.11. The fourth-order valence-corrected chi connectivity index (χ4v) is 2.74. The van der Waals surface area contributed by atoms with E-state index in [0.29, 0.717) is 12.2 Å². The summed E-state index contributed by atoms with van der Waals surface area (Å²) in [5.74, 6) is 0.799. The van der Waals surface area contributed by atoms with Crippen molar-refractivity contribution in [3.8, 4) is 11.8 Å². The molecule has 0 aliphatic heterocycles. The lowest BCUT2D eigenvalue weighted by atomic mass is 10.0. The van der Waals surface area contributed by atoms with E-state index in [-0.39, 0.29) is 6.04 Å². The highest BCUT2D eigenvalue weighted by Gasteiger charge is 2.18. The van der Waals surface area contributed by atoms with Crippen LogP contribution in [0.5, 0.6) is 5.75 Å². The van der Waals surface area contributed by atoms with Crippen molar-refractivity contribution >= 4 is 0 Å². The van der Waals surface area contributed by atoms with Crippen LogP contribution >= 0.6 is 0 Å². The van der Waals surface area contributed by atoms with E-state index in [9.17, 15) is 5.26 Å². The van der Waals surface area contributed by atoms with Gasteiger partial charge < -0.3 is 9.64 Å². The first kappa shape index (κ1) is 19.0. The molecule has 0 spiro atoms. The lowest BCUT2D eigenvalue weighted by Gasteiger charge is -2.24. The predicted octanol–water partition coefficient (Wildman–Crippen LogP) is 3.69. The van der Waals surface area contributed by atoms with Crippen LogP contribution in [-0.4, -0.2) is 44.1 Å². The van der Waals surface area contributed by atoms with Crippen LogP contribution in [0.4, 0.5) is 0 Å². The summed E-state index contributed by atoms with van der Waals surface area (Å²) in [6.45, 7) is 4.39. The first-order valence-electron chi connectivity index (χ1n) is 8.57. The number of likely N-dealkylation sites (N-methyl/N-ethyl adjacent to an activating group) is 1. The number of nitrogens with zero attached hydrogens (tertiary/aromatic N) is 3. The first-order valence-corrected chi connectivity index (χ1v) is 8.57. The minimum absolute atomic E-state index is 0.118. The van der Waals surface area contributed by atoms with E-state index in [1.165, 1.54) is 5.56 Å². The van der Waals surface area contributed by atoms with E-state index in [2.05, 4.69) is 54.1 Å². The number of nitriles is 1. The van der Waals surface area contributed by atoms with Gasteiger partial charge in [-0.05, 0) is 45.8 Å². The Morgan fingerprint density at radius 1 is 1.04 bits per heavy atom. The topological polar surface area (TPSA) is 39.5 Å². The van der Waals surface area contributed by atoms with Gasteiger partial charge in [0.1, 0.15) is 12.4 Å². The molecule has 25 heavy (non-hydrogen) atoms. The van der Waals surface area contributed by atoms with Crippen LogP contribution in [0.25, 0.3) is 0 Å². The summed E-state index contributed by atoms with van der Waals surface area (Å²) in [6.07, 6.45) is 0. The third kappa shape index (κ3) is 5.32. The summed E-state index contributed by atoms with van der Waals surface area (Å²) < 4.78 is 6.04. The summed E-state index contributed by atoms with van der Waals surface area (Å²) in [6, 6.07) is 18.5. The zero-order chi connectivity index (χ0) is 18.2. The van der Waals surface area contributed by atoms with Gasteiger partial charge in [0.25, 0.3) is 0 Å². The van der Waals surface area contributed by atoms with Crippen molar-refractivity contribution in [1.29, 1.82) is 5.26 Å². The maximum absolute atomic E-state index is 9.42. The van der Waals surface area contributed by atoms with Crippen molar-refractivity contribution in [2.45, 2.75) is 19.5 Å². The number of ether oxygens (including phenoxy) is 1. The van der Waals surface area contributed by atoms with Crippen molar-refractivity contribution in [3.05, 3.63) is 65.2 Å². The van der Waals surface area contributed by atoms with E-state index in [1.807, 2.05) is 38.4 Å². The van der Waals surface area contributed by atoms with Crippen molar-refractivity contribution in [1.82, 2.24) is 9.80 Å². The highest BCUT2D eigenvalue weighted by Crippen LogP contribution is 2.31. The quantitative estimate of drug-likeness (QED) is 0.736. The summed E-state index contributed by atoms with van der Waals surface area (Å²) in [4.78, 5) is 4.32. The van der Waals surface area contributed by atoms with Gasteiger partial charge in [-0.25, -0.2) is 0 Å². The molecule has 0 fully saturated rings. The Morgan fingerprint density at radius 2 is 1.76 bits per heavy atom. The van der Waals surface area contributed by atoms with E-state index in [1.54, 1.807) is 0 Å². The van der Waals surface area contributed by atoms with Gasteiger partial charge in [0.2, 0.25) is 0 Å². The van der Waals surface area contributed by atoms with E-state index < -0.39 is 0 Å². The summed E-state index contributed by atoms with van der Waals surface area (Å²) >= 11 is 0. The Balaban J connectivity index is 2.00. The van der Waals surface area contributed by atoms with Crippen LogP contribution in [0.15, 0.2) is 48.5 Å². The molecular formula is C21H27N3O. The Hall–Kier alpha value is -2.35. The average molecular weight is 337 g/mol. The molecule has 0 aliphatic carbocycles. The molecule has 0 amide bonds. The number of hydrogen-bond acceptors (Lipinski definition) is 4. The van der Waals surface area contributed by atoms with Crippen molar-refractivity contribution < 1.29 is 4.74 Å². The molecule has 0 aromatic heterocycles. The van der Waals surface area contributed by atoms with Gasteiger partial charge in [-0.3, -0.25) is 4.90 Å². The van der Waals surface area contributed by atoms with Crippen LogP contribution in [0.2, 0.25) is 0 Å². The molecule has 0 saturated carbocycles. The van der Waals surface area contributed by atoms with Gasteiger partial charge >= 0.3 is 0 Å². The molecule has 132 valence electrons. The highest BCUT2D eigenvalue weighted by atomic mass is 16.5. The SMILES string of the molecule is CC(c1c(C#N)cccc1OCCN(C)Cc1ccccc1)N(C)C. The Bertz CT molecular complexity index is 707. The second kappa shape index (κ2) is 9.22. The normalized spacial score (nSPS) is 12.2. The fourth-order valence-electron chi connectivity index (χ4n) is 2.74. The monoisotopic (exact) mass is 337 g/mol. The molecule has 4 heteroatoms. The Kier molecular flexibility index (Phi) is 7.00. The molecule has 1 atom stereocenters. The number of rotatable bonds is 8. The van der Waals surface area contributed by atoms with Crippen molar-refractivity contribution in [2.75, 3.05) is 34.3 Å². The van der Waals surface area contributed by atoms with Crippen LogP contribution < -0.4 is 4.74 Å². The molecule has 0 bridgehead atoms. The second-order valence-electron chi connectivity index (χ2n) is 6.54. The molecule has 0 heterocycles. The van der Waals surface area contributed by atoms with E-state index in [4.69, 9.17) is 4.74 Å². The maximum Gasteiger partial charge on any atom is 0.125 e. The third-order valence-corrected chi connectivity index (χ3v) is 4.40. The molecule has 1 unspecified atom stereocenters. The van der Waals surface area contributed by atoms with E-state index >= 15 is 0 Å². The minimum atomic E-state index is 0.118. The standard InChI is InChI=1S/C21H27N3O/c1-17(23(2)3)21-19(15-22)11-8-12-20(21)25-14-13-24(4)16-18-9-6-5-7-10-18/h5-12,17H,13-14,16H2,1-4H3. The van der Waals surface area contributed by atoms with Gasteiger partial charge in [0.15, 0.2) is 0 Å². The zero-order valence-electron chi connectivity index (χ0n) is 15.6. The molecule has 0 aliphatic rings. The summed E-state index contributed by atoms with van der Waals surface area (Å²) in [5, 5.41) is 9.42. The van der Waals surface area contributed by atoms with Gasteiger partial charge in [0.05, 0.1) is 11.6 Å². The van der Waals surface area contributed by atoms with Crippen LogP contribution in [0.3, 0.4) is 0 Å². The second-order valence-corrected chi connectivity index (χ2v) is 6.54. The zero-order valence-corrected chi connectivity index (χ0v) is 15.6. The van der Waals surface area contributed by atoms with Gasteiger partial charge in [0, 0.05) is 24.7 Å². The molecule has 2 aromatic carbocycles. The first-order chi connectivity index (χ1) is 12.0. The largest absolute Gasteiger partial charge is 0.492 e. The van der Waals surface area contributed by atoms with Crippen LogP contribution in [0.1, 0.15) is 29.7 Å². The van der Waals surface area contributed by atoms with Crippen LogP contribution in [0, 0.1) is 11.3 Å². The van der Waals surface area contributed by atoms with Gasteiger partial charge in [-0.15, -0.1) is 0 Å². The molecular weight excluding hydrogens is 310 g/mol. The number of benzene rings is 2. The van der Waals surface area contributed by atoms with E-state index in [0.717, 1.165) is 24.4 Å². The van der Waals surface area contributed by atoms with Gasteiger partial charge in [-0.1, -0.05) is 36.4 Å². The fraction of sp³-hybridized carbons (Fsp3) is 0.381. The average Bonchev–Trinajstić information content (AvgIpc) is 2.61. The lowest BCUT2D eigenvalue weighted by molar-refractivity contribution is 0.226. The molecule has 0 N–H and O–H groups in total. The molecule has 4 nitrogen and oxygen atoms in total. The molecule has 0 saturated heterocycles. The smallest absolute Gasteiger partial charge is 0.125 e. The minimum Gasteiger partial charge on any atom is -0.492 e. The van der Waals surface area contributed by atoms with Crippen molar-refractivity contribution in [2.24, 2.45) is 0 Å². The van der Waals surface area contributed by atoms with Crippen molar-refractivity contribution in [3.63, 3.8) is 0 Å². The predicted molar refractivity (Wildman–Crippen MR) is 102 cm³/mol. The lowest BCUT2D eigenvalue weighted by Crippen LogP contribution is -2.24. The number of hydrogen-bond donors (Lipinski definition) is 0. The summed E-state index contributed by atoms with van der Waals surface area (Å²) in [5.41, 5.74) is 2.93. The maximum atomic E-state index is 9.42. The Morgan fingerprint density at radius 3 is 2.40 bits per heavy atom. The highest BCUT2D eigenvalue weighted by molar-refractivity contribution is 5.48. The molecule has 0 radical (unpaired) electrons.